The zero-order valence-corrected chi connectivity index (χ0v) is 13.6. The first kappa shape index (κ1) is 15.1. The Morgan fingerprint density at radius 1 is 1.21 bits per heavy atom. The Morgan fingerprint density at radius 2 is 1.89 bits per heavy atom. The van der Waals surface area contributed by atoms with Crippen LogP contribution in [-0.2, 0) is 0 Å². The SMILES string of the molecule is CCNC(CC1CCCCCC1)c1cc(C)sc1C. The van der Waals surface area contributed by atoms with Crippen LogP contribution < -0.4 is 5.32 Å². The summed E-state index contributed by atoms with van der Waals surface area (Å²) in [5.41, 5.74) is 1.56. The standard InChI is InChI=1S/C17H29NS/c1-4-18-17(16-11-13(2)19-14(16)3)12-15-9-7-5-6-8-10-15/h11,15,17-18H,4-10,12H2,1-3H3. The van der Waals surface area contributed by atoms with E-state index in [-0.39, 0.29) is 0 Å². The summed E-state index contributed by atoms with van der Waals surface area (Å²) in [4.78, 5) is 2.97. The molecule has 0 bridgehead atoms. The number of hydrogen-bond acceptors (Lipinski definition) is 2. The summed E-state index contributed by atoms with van der Waals surface area (Å²) in [7, 11) is 0. The van der Waals surface area contributed by atoms with Crippen LogP contribution in [0.2, 0.25) is 0 Å². The summed E-state index contributed by atoms with van der Waals surface area (Å²) in [6.45, 7) is 7.82. The highest BCUT2D eigenvalue weighted by Crippen LogP contribution is 2.34. The molecule has 1 N–H and O–H groups in total. The third kappa shape index (κ3) is 4.32. The molecule has 1 heterocycles. The van der Waals surface area contributed by atoms with Gasteiger partial charge in [0.25, 0.3) is 0 Å². The Bertz CT molecular complexity index is 375. The molecule has 0 saturated heterocycles. The predicted octanol–water partition coefficient (Wildman–Crippen LogP) is 5.38. The van der Waals surface area contributed by atoms with Crippen molar-refractivity contribution in [2.24, 2.45) is 5.92 Å². The zero-order valence-electron chi connectivity index (χ0n) is 12.8. The van der Waals surface area contributed by atoms with Crippen LogP contribution in [0.3, 0.4) is 0 Å². The Labute approximate surface area is 122 Å². The van der Waals surface area contributed by atoms with Crippen LogP contribution in [0.4, 0.5) is 0 Å². The highest BCUT2D eigenvalue weighted by atomic mass is 32.1. The van der Waals surface area contributed by atoms with E-state index < -0.39 is 0 Å². The molecule has 0 amide bonds. The van der Waals surface area contributed by atoms with Crippen LogP contribution in [0.15, 0.2) is 6.07 Å². The van der Waals surface area contributed by atoms with Crippen molar-refractivity contribution in [1.82, 2.24) is 5.32 Å². The fourth-order valence-electron chi connectivity index (χ4n) is 3.50. The molecule has 1 aliphatic carbocycles. The fraction of sp³-hybridized carbons (Fsp3) is 0.765. The lowest BCUT2D eigenvalue weighted by Crippen LogP contribution is -2.23. The first-order valence-electron chi connectivity index (χ1n) is 8.01. The summed E-state index contributed by atoms with van der Waals surface area (Å²) in [6, 6.07) is 2.99. The summed E-state index contributed by atoms with van der Waals surface area (Å²) in [5.74, 6) is 0.936. The van der Waals surface area contributed by atoms with Crippen molar-refractivity contribution >= 4 is 11.3 Å². The van der Waals surface area contributed by atoms with E-state index in [2.05, 4.69) is 32.2 Å². The van der Waals surface area contributed by atoms with E-state index in [0.29, 0.717) is 6.04 Å². The van der Waals surface area contributed by atoms with E-state index in [4.69, 9.17) is 0 Å². The summed E-state index contributed by atoms with van der Waals surface area (Å²) in [5, 5.41) is 3.73. The van der Waals surface area contributed by atoms with Crippen LogP contribution in [-0.4, -0.2) is 6.54 Å². The molecule has 19 heavy (non-hydrogen) atoms. The van der Waals surface area contributed by atoms with Crippen LogP contribution in [0, 0.1) is 19.8 Å². The molecular weight excluding hydrogens is 250 g/mol. The molecule has 0 aliphatic heterocycles. The van der Waals surface area contributed by atoms with Gasteiger partial charge in [-0.3, -0.25) is 0 Å². The minimum atomic E-state index is 0.582. The average molecular weight is 279 g/mol. The van der Waals surface area contributed by atoms with E-state index in [1.165, 1.54) is 54.7 Å². The van der Waals surface area contributed by atoms with Crippen molar-refractivity contribution in [2.45, 2.75) is 71.8 Å². The zero-order chi connectivity index (χ0) is 13.7. The lowest BCUT2D eigenvalue weighted by Gasteiger charge is -2.23. The minimum Gasteiger partial charge on any atom is -0.310 e. The molecule has 1 unspecified atom stereocenters. The molecule has 1 aromatic rings. The minimum absolute atomic E-state index is 0.582. The van der Waals surface area contributed by atoms with Gasteiger partial charge in [0.05, 0.1) is 0 Å². The van der Waals surface area contributed by atoms with Gasteiger partial charge in [-0.15, -0.1) is 11.3 Å². The molecule has 0 aromatic carbocycles. The molecule has 1 fully saturated rings. The fourth-order valence-corrected chi connectivity index (χ4v) is 4.48. The lowest BCUT2D eigenvalue weighted by molar-refractivity contribution is 0.359. The van der Waals surface area contributed by atoms with Gasteiger partial charge in [0.1, 0.15) is 0 Å². The van der Waals surface area contributed by atoms with Gasteiger partial charge in [-0.25, -0.2) is 0 Å². The van der Waals surface area contributed by atoms with E-state index in [0.717, 1.165) is 12.5 Å². The maximum atomic E-state index is 3.73. The number of nitrogens with one attached hydrogen (secondary N) is 1. The number of hydrogen-bond donors (Lipinski definition) is 1. The molecule has 0 radical (unpaired) electrons. The van der Waals surface area contributed by atoms with Crippen molar-refractivity contribution in [2.75, 3.05) is 6.54 Å². The highest BCUT2D eigenvalue weighted by Gasteiger charge is 2.21. The quantitative estimate of drug-likeness (QED) is 0.714. The Hall–Kier alpha value is -0.340. The van der Waals surface area contributed by atoms with Gasteiger partial charge in [0, 0.05) is 15.8 Å². The van der Waals surface area contributed by atoms with E-state index in [1.807, 2.05) is 11.3 Å². The van der Waals surface area contributed by atoms with Gasteiger partial charge in [0.15, 0.2) is 0 Å². The van der Waals surface area contributed by atoms with E-state index >= 15 is 0 Å². The Kier molecular flexibility index (Phi) is 5.90. The second-order valence-electron chi connectivity index (χ2n) is 6.07. The third-order valence-corrected chi connectivity index (χ3v) is 5.43. The first-order valence-corrected chi connectivity index (χ1v) is 8.82. The molecule has 1 atom stereocenters. The smallest absolute Gasteiger partial charge is 0.0333 e. The first-order chi connectivity index (χ1) is 9.20. The molecule has 1 aliphatic rings. The highest BCUT2D eigenvalue weighted by molar-refractivity contribution is 7.12. The Morgan fingerprint density at radius 3 is 2.42 bits per heavy atom. The molecule has 1 nitrogen and oxygen atoms in total. The molecule has 2 rings (SSSR count). The van der Waals surface area contributed by atoms with Crippen LogP contribution in [0.1, 0.15) is 73.2 Å². The van der Waals surface area contributed by atoms with Crippen LogP contribution in [0.25, 0.3) is 0 Å². The van der Waals surface area contributed by atoms with Crippen molar-refractivity contribution < 1.29 is 0 Å². The van der Waals surface area contributed by atoms with Gasteiger partial charge in [-0.2, -0.15) is 0 Å². The van der Waals surface area contributed by atoms with E-state index in [1.54, 1.807) is 5.56 Å². The number of aryl methyl sites for hydroxylation is 2. The molecule has 2 heteroatoms. The second-order valence-corrected chi connectivity index (χ2v) is 7.53. The normalized spacial score (nSPS) is 19.3. The third-order valence-electron chi connectivity index (χ3n) is 4.45. The maximum absolute atomic E-state index is 3.73. The molecule has 0 spiro atoms. The van der Waals surface area contributed by atoms with Crippen LogP contribution >= 0.6 is 11.3 Å². The van der Waals surface area contributed by atoms with Gasteiger partial charge in [0.2, 0.25) is 0 Å². The maximum Gasteiger partial charge on any atom is 0.0333 e. The van der Waals surface area contributed by atoms with E-state index in [9.17, 15) is 0 Å². The predicted molar refractivity (Wildman–Crippen MR) is 86.0 cm³/mol. The summed E-state index contributed by atoms with van der Waals surface area (Å²) < 4.78 is 0. The van der Waals surface area contributed by atoms with Crippen molar-refractivity contribution in [3.63, 3.8) is 0 Å². The lowest BCUT2D eigenvalue weighted by atomic mass is 9.89. The average Bonchev–Trinajstić information content (AvgIpc) is 2.58. The summed E-state index contributed by atoms with van der Waals surface area (Å²) >= 11 is 1.95. The second kappa shape index (κ2) is 7.44. The largest absolute Gasteiger partial charge is 0.310 e. The molecule has 108 valence electrons. The summed E-state index contributed by atoms with van der Waals surface area (Å²) in [6.07, 6.45) is 10.0. The topological polar surface area (TPSA) is 12.0 Å². The molecular formula is C17H29NS. The van der Waals surface area contributed by atoms with Gasteiger partial charge >= 0.3 is 0 Å². The van der Waals surface area contributed by atoms with Crippen molar-refractivity contribution in [3.8, 4) is 0 Å². The number of thiophene rings is 1. The van der Waals surface area contributed by atoms with Gasteiger partial charge < -0.3 is 5.32 Å². The van der Waals surface area contributed by atoms with Gasteiger partial charge in [-0.05, 0) is 44.4 Å². The van der Waals surface area contributed by atoms with Crippen molar-refractivity contribution in [3.05, 3.63) is 21.4 Å². The van der Waals surface area contributed by atoms with Crippen LogP contribution in [0.5, 0.6) is 0 Å². The molecule has 1 aromatic heterocycles. The number of rotatable bonds is 5. The van der Waals surface area contributed by atoms with Gasteiger partial charge in [-0.1, -0.05) is 45.4 Å². The monoisotopic (exact) mass is 279 g/mol. The Balaban J connectivity index is 2.04. The van der Waals surface area contributed by atoms with Crippen molar-refractivity contribution in [1.29, 1.82) is 0 Å². The molecule has 1 saturated carbocycles.